The fourth-order valence-corrected chi connectivity index (χ4v) is 2.99. The Hall–Kier alpha value is -3.80. The van der Waals surface area contributed by atoms with Crippen molar-refractivity contribution in [2.24, 2.45) is 0 Å². The maximum Gasteiger partial charge on any atom is 0.291 e. The minimum atomic E-state index is -0.347. The molecule has 1 N–H and O–H groups in total. The summed E-state index contributed by atoms with van der Waals surface area (Å²) in [6, 6.07) is 15.3. The van der Waals surface area contributed by atoms with E-state index < -0.39 is 0 Å². The molecular formula is C22H17NO5. The van der Waals surface area contributed by atoms with Crippen LogP contribution in [0.1, 0.15) is 32.2 Å². The zero-order chi connectivity index (χ0) is 19.7. The second kappa shape index (κ2) is 7.08. The highest BCUT2D eigenvalue weighted by molar-refractivity contribution is 6.11. The van der Waals surface area contributed by atoms with Gasteiger partial charge >= 0.3 is 0 Å². The highest BCUT2D eigenvalue weighted by Gasteiger charge is 2.20. The number of benzene rings is 2. The average molecular weight is 375 g/mol. The van der Waals surface area contributed by atoms with Gasteiger partial charge in [-0.1, -0.05) is 0 Å². The van der Waals surface area contributed by atoms with Crippen LogP contribution in [0.25, 0.3) is 11.0 Å². The van der Waals surface area contributed by atoms with E-state index in [2.05, 4.69) is 5.32 Å². The summed E-state index contributed by atoms with van der Waals surface area (Å²) in [6.07, 6.45) is 1.44. The topological polar surface area (TPSA) is 81.7 Å². The molecule has 4 aromatic rings. The van der Waals surface area contributed by atoms with Crippen molar-refractivity contribution in [3.05, 3.63) is 83.5 Å². The van der Waals surface area contributed by atoms with Crippen LogP contribution in [-0.4, -0.2) is 18.8 Å². The molecule has 0 radical (unpaired) electrons. The summed E-state index contributed by atoms with van der Waals surface area (Å²) in [5, 5.41) is 3.53. The van der Waals surface area contributed by atoms with Crippen LogP contribution in [0.2, 0.25) is 0 Å². The van der Waals surface area contributed by atoms with E-state index in [-0.39, 0.29) is 23.2 Å². The van der Waals surface area contributed by atoms with Crippen molar-refractivity contribution in [2.75, 3.05) is 12.4 Å². The molecular weight excluding hydrogens is 358 g/mol. The third-order valence-corrected chi connectivity index (χ3v) is 4.50. The Kier molecular flexibility index (Phi) is 4.45. The number of nitrogens with one attached hydrogen (secondary N) is 1. The average Bonchev–Trinajstić information content (AvgIpc) is 3.36. The molecule has 0 atom stereocenters. The summed E-state index contributed by atoms with van der Waals surface area (Å²) in [5.41, 5.74) is 2.38. The summed E-state index contributed by atoms with van der Waals surface area (Å²) in [4.78, 5) is 25.0. The number of hydrogen-bond acceptors (Lipinski definition) is 5. The number of hydrogen-bond donors (Lipinski definition) is 1. The molecule has 6 heteroatoms. The van der Waals surface area contributed by atoms with Crippen molar-refractivity contribution in [2.45, 2.75) is 6.92 Å². The predicted molar refractivity (Wildman–Crippen MR) is 104 cm³/mol. The molecule has 28 heavy (non-hydrogen) atoms. The molecule has 4 rings (SSSR count). The fraction of sp³-hybridized carbons (Fsp3) is 0.0909. The van der Waals surface area contributed by atoms with Crippen molar-refractivity contribution >= 4 is 28.3 Å². The first-order chi connectivity index (χ1) is 13.6. The van der Waals surface area contributed by atoms with E-state index in [0.717, 1.165) is 5.39 Å². The standard InChI is InChI=1S/C22H17NO5/c1-13-17-12-15(23-22(25)19-4-3-11-27-19)7-10-18(17)28-21(13)20(24)14-5-8-16(26-2)9-6-14/h3-12H,1-2H3,(H,23,25). The lowest BCUT2D eigenvalue weighted by Crippen LogP contribution is -2.10. The Bertz CT molecular complexity index is 1150. The maximum atomic E-state index is 12.8. The summed E-state index contributed by atoms with van der Waals surface area (Å²) in [6.45, 7) is 1.82. The van der Waals surface area contributed by atoms with Gasteiger partial charge in [0, 0.05) is 22.2 Å². The first kappa shape index (κ1) is 17.6. The van der Waals surface area contributed by atoms with Gasteiger partial charge in [-0.05, 0) is 61.5 Å². The Labute approximate surface area is 160 Å². The van der Waals surface area contributed by atoms with E-state index >= 15 is 0 Å². The molecule has 6 nitrogen and oxygen atoms in total. The van der Waals surface area contributed by atoms with Gasteiger partial charge < -0.3 is 18.9 Å². The van der Waals surface area contributed by atoms with Crippen LogP contribution in [0.4, 0.5) is 5.69 Å². The summed E-state index contributed by atoms with van der Waals surface area (Å²) < 4.78 is 16.0. The molecule has 2 aromatic heterocycles. The molecule has 0 saturated heterocycles. The number of ketones is 1. The van der Waals surface area contributed by atoms with Gasteiger partial charge in [0.1, 0.15) is 11.3 Å². The zero-order valence-corrected chi connectivity index (χ0v) is 15.3. The number of furan rings is 2. The third-order valence-electron chi connectivity index (χ3n) is 4.50. The maximum absolute atomic E-state index is 12.8. The highest BCUT2D eigenvalue weighted by Crippen LogP contribution is 2.30. The number of anilines is 1. The molecule has 0 aliphatic heterocycles. The van der Waals surface area contributed by atoms with Gasteiger partial charge in [-0.15, -0.1) is 0 Å². The summed E-state index contributed by atoms with van der Waals surface area (Å²) >= 11 is 0. The number of methoxy groups -OCH3 is 1. The van der Waals surface area contributed by atoms with E-state index in [9.17, 15) is 9.59 Å². The van der Waals surface area contributed by atoms with E-state index in [1.54, 1.807) is 61.7 Å². The molecule has 2 aromatic carbocycles. The smallest absolute Gasteiger partial charge is 0.291 e. The second-order valence-electron chi connectivity index (χ2n) is 6.26. The number of amides is 1. The van der Waals surface area contributed by atoms with Crippen LogP contribution >= 0.6 is 0 Å². The van der Waals surface area contributed by atoms with E-state index in [1.807, 2.05) is 6.92 Å². The largest absolute Gasteiger partial charge is 0.497 e. The SMILES string of the molecule is COc1ccc(C(=O)c2oc3ccc(NC(=O)c4ccco4)cc3c2C)cc1. The molecule has 2 heterocycles. The predicted octanol–water partition coefficient (Wildman–Crippen LogP) is 4.83. The molecule has 0 fully saturated rings. The molecule has 0 saturated carbocycles. The molecule has 1 amide bonds. The lowest BCUT2D eigenvalue weighted by Gasteiger charge is -2.03. The monoisotopic (exact) mass is 375 g/mol. The number of aryl methyl sites for hydroxylation is 1. The fourth-order valence-electron chi connectivity index (χ4n) is 2.99. The first-order valence-corrected chi connectivity index (χ1v) is 8.63. The van der Waals surface area contributed by atoms with Crippen LogP contribution in [0.5, 0.6) is 5.75 Å². The number of carbonyl (C=O) groups is 2. The Morgan fingerprint density at radius 3 is 2.50 bits per heavy atom. The lowest BCUT2D eigenvalue weighted by atomic mass is 10.0. The molecule has 0 spiro atoms. The van der Waals surface area contributed by atoms with E-state index in [1.165, 1.54) is 6.26 Å². The number of ether oxygens (including phenoxy) is 1. The first-order valence-electron chi connectivity index (χ1n) is 8.63. The summed E-state index contributed by atoms with van der Waals surface area (Å²) in [7, 11) is 1.57. The molecule has 140 valence electrons. The minimum absolute atomic E-state index is 0.211. The van der Waals surface area contributed by atoms with Crippen LogP contribution in [0.15, 0.2) is 69.7 Å². The third kappa shape index (κ3) is 3.16. The van der Waals surface area contributed by atoms with Gasteiger partial charge in [0.25, 0.3) is 5.91 Å². The molecule has 0 unspecified atom stereocenters. The normalized spacial score (nSPS) is 10.8. The zero-order valence-electron chi connectivity index (χ0n) is 15.3. The van der Waals surface area contributed by atoms with Crippen molar-refractivity contribution in [1.29, 1.82) is 0 Å². The highest BCUT2D eigenvalue weighted by atomic mass is 16.5. The quantitative estimate of drug-likeness (QED) is 0.506. The second-order valence-corrected chi connectivity index (χ2v) is 6.26. The Balaban J connectivity index is 1.64. The van der Waals surface area contributed by atoms with Gasteiger partial charge in [-0.2, -0.15) is 0 Å². The van der Waals surface area contributed by atoms with Crippen molar-refractivity contribution < 1.29 is 23.2 Å². The van der Waals surface area contributed by atoms with Crippen LogP contribution < -0.4 is 10.1 Å². The van der Waals surface area contributed by atoms with Gasteiger partial charge in [0.15, 0.2) is 11.5 Å². The van der Waals surface area contributed by atoms with E-state index in [4.69, 9.17) is 13.6 Å². The number of rotatable bonds is 5. The Morgan fingerprint density at radius 1 is 1.04 bits per heavy atom. The van der Waals surface area contributed by atoms with Crippen LogP contribution in [0.3, 0.4) is 0 Å². The van der Waals surface area contributed by atoms with E-state index in [0.29, 0.717) is 28.1 Å². The number of carbonyl (C=O) groups excluding carboxylic acids is 2. The van der Waals surface area contributed by atoms with Gasteiger partial charge in [0.2, 0.25) is 5.78 Å². The summed E-state index contributed by atoms with van der Waals surface area (Å²) in [5.74, 6) is 0.612. The van der Waals surface area contributed by atoms with Gasteiger partial charge in [-0.3, -0.25) is 9.59 Å². The Morgan fingerprint density at radius 2 is 1.82 bits per heavy atom. The van der Waals surface area contributed by atoms with Crippen LogP contribution in [0, 0.1) is 6.92 Å². The molecule has 0 aliphatic rings. The van der Waals surface area contributed by atoms with Crippen molar-refractivity contribution in [3.63, 3.8) is 0 Å². The van der Waals surface area contributed by atoms with Crippen molar-refractivity contribution in [3.8, 4) is 5.75 Å². The van der Waals surface area contributed by atoms with Gasteiger partial charge in [-0.25, -0.2) is 0 Å². The minimum Gasteiger partial charge on any atom is -0.497 e. The van der Waals surface area contributed by atoms with Crippen molar-refractivity contribution in [1.82, 2.24) is 0 Å². The molecule has 0 bridgehead atoms. The van der Waals surface area contributed by atoms with Crippen LogP contribution in [-0.2, 0) is 0 Å². The molecule has 0 aliphatic carbocycles. The van der Waals surface area contributed by atoms with Gasteiger partial charge in [0.05, 0.1) is 13.4 Å². The number of fused-ring (bicyclic) bond motifs is 1. The lowest BCUT2D eigenvalue weighted by molar-refractivity contribution is 0.0993.